The summed E-state index contributed by atoms with van der Waals surface area (Å²) in [6, 6.07) is 4.29. The van der Waals surface area contributed by atoms with Gasteiger partial charge in [0.2, 0.25) is 10.0 Å². The van der Waals surface area contributed by atoms with Crippen LogP contribution in [0.1, 0.15) is 39.0 Å². The van der Waals surface area contributed by atoms with Crippen LogP contribution < -0.4 is 4.90 Å². The van der Waals surface area contributed by atoms with Gasteiger partial charge in [-0.2, -0.15) is 16.1 Å². The summed E-state index contributed by atoms with van der Waals surface area (Å²) in [5.74, 6) is 1.03. The second kappa shape index (κ2) is 8.79. The largest absolute Gasteiger partial charge is 0.369 e. The third kappa shape index (κ3) is 4.57. The summed E-state index contributed by atoms with van der Waals surface area (Å²) in [5.41, 5.74) is 0.432. The van der Waals surface area contributed by atoms with E-state index in [-0.39, 0.29) is 10.6 Å². The summed E-state index contributed by atoms with van der Waals surface area (Å²) in [7, 11) is -3.74. The van der Waals surface area contributed by atoms with Crippen LogP contribution in [0.15, 0.2) is 23.1 Å². The number of hydrogen-bond donors (Lipinski definition) is 0. The lowest BCUT2D eigenvalue weighted by Crippen LogP contribution is -2.33. The fourth-order valence-electron chi connectivity index (χ4n) is 3.85. The molecule has 1 atom stereocenters. The van der Waals surface area contributed by atoms with Crippen molar-refractivity contribution in [3.8, 4) is 0 Å². The van der Waals surface area contributed by atoms with E-state index in [1.165, 1.54) is 16.4 Å². The minimum absolute atomic E-state index is 0.0840. The molecule has 7 nitrogen and oxygen atoms in total. The molecule has 2 aliphatic heterocycles. The van der Waals surface area contributed by atoms with E-state index in [1.807, 2.05) is 11.8 Å². The maximum atomic E-state index is 13.2. The van der Waals surface area contributed by atoms with Crippen molar-refractivity contribution in [2.75, 3.05) is 36.8 Å². The Hall–Kier alpha value is -1.32. The first kappa shape index (κ1) is 20.4. The van der Waals surface area contributed by atoms with E-state index in [0.29, 0.717) is 24.0 Å². The molecule has 2 saturated heterocycles. The average Bonchev–Trinajstić information content (AvgIpc) is 3.10. The van der Waals surface area contributed by atoms with Crippen LogP contribution in [-0.2, 0) is 10.0 Å². The molecule has 150 valence electrons. The predicted octanol–water partition coefficient (Wildman–Crippen LogP) is 3.49. The van der Waals surface area contributed by atoms with Crippen LogP contribution in [0.5, 0.6) is 0 Å². The van der Waals surface area contributed by atoms with E-state index in [1.54, 1.807) is 6.07 Å². The molecule has 2 aliphatic rings. The number of thioether (sulfide) groups is 1. The molecule has 0 saturated carbocycles. The number of benzene rings is 1. The molecule has 0 N–H and O–H groups in total. The Kier molecular flexibility index (Phi) is 6.65. The van der Waals surface area contributed by atoms with Crippen LogP contribution in [0.2, 0.25) is 0 Å². The lowest BCUT2D eigenvalue weighted by atomic mass is 10.2. The highest BCUT2D eigenvalue weighted by Gasteiger charge is 2.33. The fraction of sp³-hybridized carbons (Fsp3) is 0.667. The lowest BCUT2D eigenvalue weighted by molar-refractivity contribution is -0.385. The molecule has 2 fully saturated rings. The van der Waals surface area contributed by atoms with Gasteiger partial charge in [0.1, 0.15) is 4.90 Å². The van der Waals surface area contributed by atoms with Gasteiger partial charge in [0, 0.05) is 43.6 Å². The van der Waals surface area contributed by atoms with Crippen LogP contribution in [-0.4, -0.2) is 54.8 Å². The molecule has 0 radical (unpaired) electrons. The molecule has 0 bridgehead atoms. The van der Waals surface area contributed by atoms with E-state index in [0.717, 1.165) is 50.9 Å². The lowest BCUT2D eigenvalue weighted by Gasteiger charge is -2.29. The Bertz CT molecular complexity index is 779. The van der Waals surface area contributed by atoms with Crippen LogP contribution >= 0.6 is 11.8 Å². The molecule has 3 rings (SSSR count). The molecular weight excluding hydrogens is 386 g/mol. The highest BCUT2D eigenvalue weighted by Crippen LogP contribution is 2.35. The van der Waals surface area contributed by atoms with Gasteiger partial charge in [-0.3, -0.25) is 10.1 Å². The number of rotatable bonds is 6. The van der Waals surface area contributed by atoms with Crippen LogP contribution in [0, 0.1) is 10.1 Å². The second-order valence-electron chi connectivity index (χ2n) is 7.04. The van der Waals surface area contributed by atoms with Crippen molar-refractivity contribution in [3.05, 3.63) is 28.3 Å². The minimum atomic E-state index is -3.74. The van der Waals surface area contributed by atoms with Gasteiger partial charge in [0.05, 0.1) is 10.6 Å². The number of nitro groups is 1. The molecule has 1 unspecified atom stereocenters. The molecular formula is C18H27N3O4S2. The van der Waals surface area contributed by atoms with Crippen molar-refractivity contribution >= 4 is 33.2 Å². The summed E-state index contributed by atoms with van der Waals surface area (Å²) in [6.45, 7) is 4.66. The van der Waals surface area contributed by atoms with Crippen molar-refractivity contribution in [1.82, 2.24) is 4.31 Å². The Morgan fingerprint density at radius 1 is 1.19 bits per heavy atom. The van der Waals surface area contributed by atoms with Crippen LogP contribution in [0.4, 0.5) is 11.4 Å². The summed E-state index contributed by atoms with van der Waals surface area (Å²) in [6.07, 6.45) is 4.91. The highest BCUT2D eigenvalue weighted by molar-refractivity contribution is 7.99. The van der Waals surface area contributed by atoms with E-state index in [9.17, 15) is 18.5 Å². The SMILES string of the molecule is CCSC1CCCCN(c2ccc([N+](=O)[O-])cc2S(=O)(=O)N2CCCC2)C1. The van der Waals surface area contributed by atoms with Gasteiger partial charge in [-0.25, -0.2) is 8.42 Å². The standard InChI is InChI=1S/C18H27N3O4S2/c1-2-26-16-7-3-4-10-19(14-16)17-9-8-15(21(22)23)13-18(17)27(24,25)20-11-5-6-12-20/h8-9,13,16H,2-7,10-12,14H2,1H3. The molecule has 0 aromatic heterocycles. The van der Waals surface area contributed by atoms with Gasteiger partial charge in [-0.15, -0.1) is 0 Å². The summed E-state index contributed by atoms with van der Waals surface area (Å²) in [4.78, 5) is 12.9. The monoisotopic (exact) mass is 413 g/mol. The maximum absolute atomic E-state index is 13.2. The number of nitro benzene ring substituents is 1. The predicted molar refractivity (Wildman–Crippen MR) is 109 cm³/mol. The van der Waals surface area contributed by atoms with Crippen LogP contribution in [0.25, 0.3) is 0 Å². The van der Waals surface area contributed by atoms with Gasteiger partial charge < -0.3 is 4.90 Å². The second-order valence-corrected chi connectivity index (χ2v) is 10.5. The smallest absolute Gasteiger partial charge is 0.270 e. The summed E-state index contributed by atoms with van der Waals surface area (Å²) < 4.78 is 27.9. The zero-order valence-corrected chi connectivity index (χ0v) is 17.3. The quantitative estimate of drug-likeness (QED) is 0.524. The van der Waals surface area contributed by atoms with Crippen molar-refractivity contribution in [2.45, 2.75) is 49.2 Å². The number of nitrogens with zero attached hydrogens (tertiary/aromatic N) is 3. The minimum Gasteiger partial charge on any atom is -0.369 e. The van der Waals surface area contributed by atoms with Crippen molar-refractivity contribution < 1.29 is 13.3 Å². The third-order valence-corrected chi connectivity index (χ3v) is 8.33. The number of sulfonamides is 1. The van der Waals surface area contributed by atoms with Gasteiger partial charge in [-0.1, -0.05) is 13.3 Å². The molecule has 0 spiro atoms. The van der Waals surface area contributed by atoms with Crippen molar-refractivity contribution in [3.63, 3.8) is 0 Å². The van der Waals surface area contributed by atoms with E-state index in [2.05, 4.69) is 11.8 Å². The first-order valence-corrected chi connectivity index (χ1v) is 12.1. The molecule has 1 aromatic carbocycles. The normalized spacial score (nSPS) is 22.0. The third-order valence-electron chi connectivity index (χ3n) is 5.21. The molecule has 0 amide bonds. The molecule has 0 aliphatic carbocycles. The zero-order chi connectivity index (χ0) is 19.4. The molecule has 2 heterocycles. The van der Waals surface area contributed by atoms with Gasteiger partial charge in [-0.05, 0) is 37.5 Å². The van der Waals surface area contributed by atoms with E-state index in [4.69, 9.17) is 0 Å². The first-order chi connectivity index (χ1) is 12.9. The molecule has 27 heavy (non-hydrogen) atoms. The summed E-state index contributed by atoms with van der Waals surface area (Å²) >= 11 is 1.90. The number of anilines is 1. The Labute approximate surface area is 165 Å². The Morgan fingerprint density at radius 3 is 2.56 bits per heavy atom. The van der Waals surface area contributed by atoms with E-state index < -0.39 is 14.9 Å². The van der Waals surface area contributed by atoms with Gasteiger partial charge >= 0.3 is 0 Å². The number of hydrogen-bond acceptors (Lipinski definition) is 6. The van der Waals surface area contributed by atoms with Gasteiger partial charge in [0.25, 0.3) is 5.69 Å². The van der Waals surface area contributed by atoms with E-state index >= 15 is 0 Å². The number of non-ortho nitro benzene ring substituents is 1. The maximum Gasteiger partial charge on any atom is 0.270 e. The van der Waals surface area contributed by atoms with Gasteiger partial charge in [0.15, 0.2) is 0 Å². The zero-order valence-electron chi connectivity index (χ0n) is 15.7. The highest BCUT2D eigenvalue weighted by atomic mass is 32.2. The van der Waals surface area contributed by atoms with Crippen molar-refractivity contribution in [2.24, 2.45) is 0 Å². The average molecular weight is 414 g/mol. The molecule has 1 aromatic rings. The first-order valence-electron chi connectivity index (χ1n) is 9.58. The Morgan fingerprint density at radius 2 is 1.89 bits per heavy atom. The summed E-state index contributed by atoms with van der Waals surface area (Å²) in [5, 5.41) is 11.7. The fourth-order valence-corrected chi connectivity index (χ4v) is 6.68. The topological polar surface area (TPSA) is 83.8 Å². The van der Waals surface area contributed by atoms with Crippen LogP contribution in [0.3, 0.4) is 0 Å². The molecule has 9 heteroatoms. The van der Waals surface area contributed by atoms with Crippen molar-refractivity contribution in [1.29, 1.82) is 0 Å². The Balaban J connectivity index is 2.02.